The maximum atomic E-state index is 11.7. The average Bonchev–Trinajstić information content (AvgIpc) is 2.65. The lowest BCUT2D eigenvalue weighted by atomic mass is 9.83. The van der Waals surface area contributed by atoms with Gasteiger partial charge in [-0.3, -0.25) is 9.79 Å². The van der Waals surface area contributed by atoms with Gasteiger partial charge in [0.25, 0.3) is 5.91 Å². The lowest BCUT2D eigenvalue weighted by Gasteiger charge is -2.26. The number of benzene rings is 1. The molecule has 0 atom stereocenters. The number of guanidine groups is 1. The summed E-state index contributed by atoms with van der Waals surface area (Å²) in [5.74, 6) is 2.47. The first-order chi connectivity index (χ1) is 12.1. The molecule has 1 fully saturated rings. The minimum atomic E-state index is -0.0471. The van der Waals surface area contributed by atoms with Gasteiger partial charge in [0.2, 0.25) is 0 Å². The van der Waals surface area contributed by atoms with E-state index in [1.54, 1.807) is 7.05 Å². The van der Waals surface area contributed by atoms with E-state index in [1.165, 1.54) is 25.7 Å². The van der Waals surface area contributed by atoms with Crippen LogP contribution in [0.25, 0.3) is 0 Å². The standard InChI is InChI=1S/C20H32N4O.HI/c1-15-7-9-17(10-8-15)14-24-20(22-3)23-12-11-16-5-4-6-18(13-16)19(25)21-2;/h4-6,13,15,17H,7-12,14H2,1-3H3,(H,21,25)(H2,22,23,24);1H. The summed E-state index contributed by atoms with van der Waals surface area (Å²) in [6.07, 6.45) is 6.18. The first kappa shape index (κ1) is 22.7. The second-order valence-electron chi connectivity index (χ2n) is 7.04. The largest absolute Gasteiger partial charge is 0.356 e. The number of rotatable bonds is 6. The maximum absolute atomic E-state index is 11.7. The predicted octanol–water partition coefficient (Wildman–Crippen LogP) is 3.20. The molecule has 26 heavy (non-hydrogen) atoms. The normalized spacial score (nSPS) is 20.0. The van der Waals surface area contributed by atoms with Gasteiger partial charge >= 0.3 is 0 Å². The molecule has 1 amide bonds. The van der Waals surface area contributed by atoms with Crippen molar-refractivity contribution in [1.82, 2.24) is 16.0 Å². The van der Waals surface area contributed by atoms with Gasteiger partial charge in [-0.25, -0.2) is 0 Å². The van der Waals surface area contributed by atoms with Crippen molar-refractivity contribution in [3.63, 3.8) is 0 Å². The van der Waals surface area contributed by atoms with Crippen LogP contribution in [0.1, 0.15) is 48.5 Å². The van der Waals surface area contributed by atoms with E-state index < -0.39 is 0 Å². The highest BCUT2D eigenvalue weighted by Crippen LogP contribution is 2.27. The molecule has 5 nitrogen and oxygen atoms in total. The molecule has 1 aliphatic rings. The molecule has 0 heterocycles. The number of nitrogens with one attached hydrogen (secondary N) is 3. The number of hydrogen-bond acceptors (Lipinski definition) is 2. The monoisotopic (exact) mass is 472 g/mol. The van der Waals surface area contributed by atoms with Crippen LogP contribution < -0.4 is 16.0 Å². The summed E-state index contributed by atoms with van der Waals surface area (Å²) in [5.41, 5.74) is 1.85. The average molecular weight is 472 g/mol. The third-order valence-corrected chi connectivity index (χ3v) is 5.04. The minimum absolute atomic E-state index is 0. The molecular formula is C20H33IN4O. The van der Waals surface area contributed by atoms with E-state index in [0.717, 1.165) is 42.9 Å². The lowest BCUT2D eigenvalue weighted by molar-refractivity contribution is 0.0963. The highest BCUT2D eigenvalue weighted by Gasteiger charge is 2.18. The number of halogens is 1. The van der Waals surface area contributed by atoms with E-state index in [9.17, 15) is 4.79 Å². The van der Waals surface area contributed by atoms with Gasteiger partial charge in [-0.2, -0.15) is 0 Å². The second-order valence-corrected chi connectivity index (χ2v) is 7.04. The fourth-order valence-corrected chi connectivity index (χ4v) is 3.33. The van der Waals surface area contributed by atoms with Gasteiger partial charge in [-0.05, 0) is 48.8 Å². The van der Waals surface area contributed by atoms with Crippen molar-refractivity contribution in [3.05, 3.63) is 35.4 Å². The molecule has 146 valence electrons. The van der Waals surface area contributed by atoms with Crippen molar-refractivity contribution in [3.8, 4) is 0 Å². The number of hydrogen-bond donors (Lipinski definition) is 3. The van der Waals surface area contributed by atoms with Gasteiger partial charge < -0.3 is 16.0 Å². The molecule has 0 bridgehead atoms. The van der Waals surface area contributed by atoms with E-state index in [1.807, 2.05) is 31.3 Å². The maximum Gasteiger partial charge on any atom is 0.251 e. The number of nitrogens with zero attached hydrogens (tertiary/aromatic N) is 1. The number of amides is 1. The quantitative estimate of drug-likeness (QED) is 0.339. The van der Waals surface area contributed by atoms with E-state index in [0.29, 0.717) is 5.56 Å². The van der Waals surface area contributed by atoms with Crippen molar-refractivity contribution in [2.24, 2.45) is 16.8 Å². The molecule has 1 aromatic rings. The summed E-state index contributed by atoms with van der Waals surface area (Å²) < 4.78 is 0. The summed E-state index contributed by atoms with van der Waals surface area (Å²) in [4.78, 5) is 16.0. The highest BCUT2D eigenvalue weighted by molar-refractivity contribution is 14.0. The van der Waals surface area contributed by atoms with Crippen LogP contribution in [0.15, 0.2) is 29.3 Å². The summed E-state index contributed by atoms with van der Waals surface area (Å²) in [6, 6.07) is 7.76. The number of carbonyl (C=O) groups is 1. The van der Waals surface area contributed by atoms with Gasteiger partial charge in [0.1, 0.15) is 0 Å². The lowest BCUT2D eigenvalue weighted by Crippen LogP contribution is -2.41. The summed E-state index contributed by atoms with van der Waals surface area (Å²) in [6.45, 7) is 4.14. The molecule has 0 aromatic heterocycles. The summed E-state index contributed by atoms with van der Waals surface area (Å²) >= 11 is 0. The van der Waals surface area contributed by atoms with Gasteiger partial charge in [-0.1, -0.05) is 31.9 Å². The van der Waals surface area contributed by atoms with Gasteiger partial charge in [-0.15, -0.1) is 24.0 Å². The second kappa shape index (κ2) is 12.1. The van der Waals surface area contributed by atoms with E-state index in [4.69, 9.17) is 0 Å². The topological polar surface area (TPSA) is 65.5 Å². The van der Waals surface area contributed by atoms with Crippen molar-refractivity contribution in [1.29, 1.82) is 0 Å². The van der Waals surface area contributed by atoms with Crippen molar-refractivity contribution >= 4 is 35.8 Å². The van der Waals surface area contributed by atoms with Gasteiger partial charge in [0.05, 0.1) is 0 Å². The molecule has 3 N–H and O–H groups in total. The van der Waals surface area contributed by atoms with Crippen molar-refractivity contribution in [2.75, 3.05) is 27.2 Å². The Morgan fingerprint density at radius 2 is 1.92 bits per heavy atom. The Labute approximate surface area is 174 Å². The van der Waals surface area contributed by atoms with E-state index >= 15 is 0 Å². The first-order valence-corrected chi connectivity index (χ1v) is 9.38. The predicted molar refractivity (Wildman–Crippen MR) is 119 cm³/mol. The number of aliphatic imine (C=N–C) groups is 1. The Balaban J connectivity index is 0.00000338. The Morgan fingerprint density at radius 1 is 1.19 bits per heavy atom. The molecule has 2 rings (SSSR count). The summed E-state index contributed by atoms with van der Waals surface area (Å²) in [7, 11) is 3.46. The molecule has 0 aliphatic heterocycles. The molecule has 0 saturated heterocycles. The van der Waals surface area contributed by atoms with Crippen LogP contribution in [0.5, 0.6) is 0 Å². The Kier molecular flexibility index (Phi) is 10.6. The van der Waals surface area contributed by atoms with Crippen molar-refractivity contribution in [2.45, 2.75) is 39.0 Å². The van der Waals surface area contributed by atoms with Crippen LogP contribution in [0.2, 0.25) is 0 Å². The van der Waals surface area contributed by atoms with Crippen molar-refractivity contribution < 1.29 is 4.79 Å². The molecule has 0 radical (unpaired) electrons. The third-order valence-electron chi connectivity index (χ3n) is 5.04. The third kappa shape index (κ3) is 7.51. The molecule has 6 heteroatoms. The Bertz CT molecular complexity index is 583. The van der Waals surface area contributed by atoms with Crippen LogP contribution in [0.3, 0.4) is 0 Å². The van der Waals surface area contributed by atoms with Gasteiger partial charge in [0.15, 0.2) is 5.96 Å². The molecule has 0 unspecified atom stereocenters. The Hall–Kier alpha value is -1.31. The molecular weight excluding hydrogens is 439 g/mol. The highest BCUT2D eigenvalue weighted by atomic mass is 127. The molecule has 1 saturated carbocycles. The van der Waals surface area contributed by atoms with Crippen LogP contribution >= 0.6 is 24.0 Å². The minimum Gasteiger partial charge on any atom is -0.356 e. The Morgan fingerprint density at radius 3 is 2.58 bits per heavy atom. The smallest absolute Gasteiger partial charge is 0.251 e. The van der Waals surface area contributed by atoms with Crippen LogP contribution in [0.4, 0.5) is 0 Å². The molecule has 0 spiro atoms. The fourth-order valence-electron chi connectivity index (χ4n) is 3.33. The van der Waals surface area contributed by atoms with Gasteiger partial charge in [0, 0.05) is 32.7 Å². The zero-order valence-electron chi connectivity index (χ0n) is 16.2. The summed E-state index contributed by atoms with van der Waals surface area (Å²) in [5, 5.41) is 9.48. The van der Waals surface area contributed by atoms with Crippen LogP contribution in [-0.4, -0.2) is 39.1 Å². The van der Waals surface area contributed by atoms with Crippen LogP contribution in [0, 0.1) is 11.8 Å². The zero-order chi connectivity index (χ0) is 18.1. The first-order valence-electron chi connectivity index (χ1n) is 9.38. The van der Waals surface area contributed by atoms with Crippen LogP contribution in [-0.2, 0) is 6.42 Å². The zero-order valence-corrected chi connectivity index (χ0v) is 18.5. The SMILES string of the molecule is CN=C(NCCc1cccc(C(=O)NC)c1)NCC1CCC(C)CC1.I. The fraction of sp³-hybridized carbons (Fsp3) is 0.600. The number of carbonyl (C=O) groups excluding carboxylic acids is 1. The van der Waals surface area contributed by atoms with E-state index in [-0.39, 0.29) is 29.9 Å². The van der Waals surface area contributed by atoms with E-state index in [2.05, 4.69) is 27.9 Å². The molecule has 1 aliphatic carbocycles. The molecule has 1 aromatic carbocycles.